The fourth-order valence-electron chi connectivity index (χ4n) is 2.17. The number of nitrogens with one attached hydrogen (secondary N) is 3. The van der Waals surface area contributed by atoms with E-state index in [1.54, 1.807) is 12.5 Å². The second kappa shape index (κ2) is 6.78. The molecule has 2 amide bonds. The Morgan fingerprint density at radius 2 is 2.09 bits per heavy atom. The molecule has 118 valence electrons. The number of hydrogen-bond donors (Lipinski definition) is 3. The van der Waals surface area contributed by atoms with Gasteiger partial charge in [-0.2, -0.15) is 5.10 Å². The number of anilines is 2. The molecule has 2 heterocycles. The lowest BCUT2D eigenvalue weighted by Crippen LogP contribution is -2.19. The van der Waals surface area contributed by atoms with Gasteiger partial charge in [0, 0.05) is 36.4 Å². The molecule has 1 aromatic carbocycles. The largest absolute Gasteiger partial charge is 0.333 e. The molecule has 2 aromatic heterocycles. The van der Waals surface area contributed by atoms with Gasteiger partial charge in [0.25, 0.3) is 0 Å². The molecule has 0 bridgehead atoms. The molecule has 7 heteroatoms. The average molecular weight is 310 g/mol. The van der Waals surface area contributed by atoms with E-state index in [9.17, 15) is 4.79 Å². The first-order valence-electron chi connectivity index (χ1n) is 7.40. The van der Waals surface area contributed by atoms with Crippen molar-refractivity contribution in [2.45, 2.75) is 19.9 Å². The van der Waals surface area contributed by atoms with E-state index < -0.39 is 0 Å². The van der Waals surface area contributed by atoms with Gasteiger partial charge in [0.05, 0.1) is 6.33 Å². The topological polar surface area (TPSA) is 87.6 Å². The Labute approximate surface area is 133 Å². The molecular weight excluding hydrogens is 292 g/mol. The van der Waals surface area contributed by atoms with E-state index in [4.69, 9.17) is 0 Å². The summed E-state index contributed by atoms with van der Waals surface area (Å²) in [6.07, 6.45) is 6.27. The maximum Gasteiger partial charge on any atom is 0.324 e. The third-order valence-electron chi connectivity index (χ3n) is 3.39. The van der Waals surface area contributed by atoms with Crippen LogP contribution in [0.4, 0.5) is 16.3 Å². The molecule has 0 fully saturated rings. The Balaban J connectivity index is 1.56. The highest BCUT2D eigenvalue weighted by Crippen LogP contribution is 2.12. The number of H-pyrrole nitrogens is 1. The predicted molar refractivity (Wildman–Crippen MR) is 88.4 cm³/mol. The number of hydrogen-bond acceptors (Lipinski definition) is 3. The third-order valence-corrected chi connectivity index (χ3v) is 3.39. The molecular formula is C16H18N6O. The van der Waals surface area contributed by atoms with Gasteiger partial charge in [-0.1, -0.05) is 19.1 Å². The van der Waals surface area contributed by atoms with Crippen molar-refractivity contribution >= 4 is 17.5 Å². The van der Waals surface area contributed by atoms with Crippen molar-refractivity contribution in [1.82, 2.24) is 19.7 Å². The molecule has 0 spiro atoms. The van der Waals surface area contributed by atoms with Crippen LogP contribution in [0, 0.1) is 0 Å². The van der Waals surface area contributed by atoms with Gasteiger partial charge in [0.2, 0.25) is 0 Å². The number of nitrogens with zero attached hydrogens (tertiary/aromatic N) is 3. The summed E-state index contributed by atoms with van der Waals surface area (Å²) < 4.78 is 1.98. The molecule has 0 aliphatic rings. The molecule has 7 nitrogen and oxygen atoms in total. The molecule has 23 heavy (non-hydrogen) atoms. The fourth-order valence-corrected chi connectivity index (χ4v) is 2.17. The van der Waals surface area contributed by atoms with Gasteiger partial charge in [0.15, 0.2) is 5.82 Å². The summed E-state index contributed by atoms with van der Waals surface area (Å²) >= 11 is 0. The Bertz CT molecular complexity index is 760. The number of aromatic nitrogens is 4. The summed E-state index contributed by atoms with van der Waals surface area (Å²) in [7, 11) is 0. The van der Waals surface area contributed by atoms with E-state index in [0.717, 1.165) is 29.9 Å². The van der Waals surface area contributed by atoms with Gasteiger partial charge in [-0.05, 0) is 24.1 Å². The molecule has 3 N–H and O–H groups in total. The van der Waals surface area contributed by atoms with E-state index in [1.807, 2.05) is 48.0 Å². The standard InChI is InChI=1S/C16H18N6O/c1-2-13-9-15(21-20-13)19-16(23)18-14-5-3-12(4-6-14)10-22-8-7-17-11-22/h3-9,11H,2,10H2,1H3,(H3,18,19,20,21,23). The summed E-state index contributed by atoms with van der Waals surface area (Å²) in [5.41, 5.74) is 2.83. The van der Waals surface area contributed by atoms with Gasteiger partial charge in [0.1, 0.15) is 0 Å². The molecule has 0 saturated carbocycles. The quantitative estimate of drug-likeness (QED) is 0.677. The number of carbonyl (C=O) groups excluding carboxylic acids is 1. The predicted octanol–water partition coefficient (Wildman–Crippen LogP) is 2.86. The highest BCUT2D eigenvalue weighted by molar-refractivity contribution is 5.99. The second-order valence-electron chi connectivity index (χ2n) is 5.14. The van der Waals surface area contributed by atoms with Crippen molar-refractivity contribution < 1.29 is 4.79 Å². The monoisotopic (exact) mass is 310 g/mol. The minimum atomic E-state index is -0.318. The van der Waals surface area contributed by atoms with Crippen molar-refractivity contribution in [1.29, 1.82) is 0 Å². The van der Waals surface area contributed by atoms with E-state index in [-0.39, 0.29) is 6.03 Å². The highest BCUT2D eigenvalue weighted by Gasteiger charge is 2.05. The number of urea groups is 1. The number of carbonyl (C=O) groups is 1. The molecule has 0 aliphatic heterocycles. The lowest BCUT2D eigenvalue weighted by molar-refractivity contribution is 0.262. The number of aryl methyl sites for hydroxylation is 1. The molecule has 0 unspecified atom stereocenters. The Morgan fingerprint density at radius 3 is 2.74 bits per heavy atom. The first-order valence-corrected chi connectivity index (χ1v) is 7.40. The lowest BCUT2D eigenvalue weighted by atomic mass is 10.2. The van der Waals surface area contributed by atoms with Crippen molar-refractivity contribution in [2.24, 2.45) is 0 Å². The van der Waals surface area contributed by atoms with Crippen molar-refractivity contribution in [3.05, 3.63) is 60.3 Å². The summed E-state index contributed by atoms with van der Waals surface area (Å²) in [4.78, 5) is 15.9. The van der Waals surface area contributed by atoms with Crippen LogP contribution in [0.3, 0.4) is 0 Å². The lowest BCUT2D eigenvalue weighted by Gasteiger charge is -2.07. The summed E-state index contributed by atoms with van der Waals surface area (Å²) in [5, 5.41) is 12.3. The molecule has 3 aromatic rings. The van der Waals surface area contributed by atoms with Crippen LogP contribution in [0.15, 0.2) is 49.1 Å². The van der Waals surface area contributed by atoms with Gasteiger partial charge < -0.3 is 9.88 Å². The van der Waals surface area contributed by atoms with Crippen LogP contribution >= 0.6 is 0 Å². The Morgan fingerprint density at radius 1 is 1.26 bits per heavy atom. The zero-order valence-corrected chi connectivity index (χ0v) is 12.8. The zero-order chi connectivity index (χ0) is 16.1. The molecule has 0 atom stereocenters. The molecule has 0 aliphatic carbocycles. The summed E-state index contributed by atoms with van der Waals surface area (Å²) in [5.74, 6) is 0.510. The summed E-state index contributed by atoms with van der Waals surface area (Å²) in [6, 6.07) is 9.18. The van der Waals surface area contributed by atoms with E-state index >= 15 is 0 Å². The third kappa shape index (κ3) is 3.97. The van der Waals surface area contributed by atoms with Crippen LogP contribution in [0.1, 0.15) is 18.2 Å². The SMILES string of the molecule is CCc1cc(NC(=O)Nc2ccc(Cn3ccnc3)cc2)n[nH]1. The van der Waals surface area contributed by atoms with Gasteiger partial charge >= 0.3 is 6.03 Å². The highest BCUT2D eigenvalue weighted by atomic mass is 16.2. The molecule has 3 rings (SSSR count). The number of benzene rings is 1. The smallest absolute Gasteiger partial charge is 0.324 e. The van der Waals surface area contributed by atoms with Crippen LogP contribution < -0.4 is 10.6 Å². The number of amides is 2. The molecule has 0 saturated heterocycles. The van der Waals surface area contributed by atoms with Crippen LogP contribution in [0.2, 0.25) is 0 Å². The minimum absolute atomic E-state index is 0.318. The van der Waals surface area contributed by atoms with Crippen molar-refractivity contribution in [3.63, 3.8) is 0 Å². The number of rotatable bonds is 5. The van der Waals surface area contributed by atoms with E-state index in [2.05, 4.69) is 25.8 Å². The Hall–Kier alpha value is -3.09. The summed E-state index contributed by atoms with van der Waals surface area (Å²) in [6.45, 7) is 2.77. The van der Waals surface area contributed by atoms with Gasteiger partial charge in [-0.15, -0.1) is 0 Å². The fraction of sp³-hybridized carbons (Fsp3) is 0.188. The maximum atomic E-state index is 11.9. The molecule has 0 radical (unpaired) electrons. The van der Waals surface area contributed by atoms with Crippen LogP contribution in [0.5, 0.6) is 0 Å². The van der Waals surface area contributed by atoms with Crippen LogP contribution in [-0.2, 0) is 13.0 Å². The van der Waals surface area contributed by atoms with E-state index in [1.165, 1.54) is 0 Å². The van der Waals surface area contributed by atoms with Gasteiger partial charge in [-0.3, -0.25) is 10.4 Å². The first kappa shape index (κ1) is 14.8. The van der Waals surface area contributed by atoms with Crippen LogP contribution in [0.25, 0.3) is 0 Å². The number of aromatic amines is 1. The normalized spacial score (nSPS) is 10.5. The maximum absolute atomic E-state index is 11.9. The van der Waals surface area contributed by atoms with Crippen molar-refractivity contribution in [3.8, 4) is 0 Å². The number of imidazole rings is 1. The first-order chi connectivity index (χ1) is 11.2. The van der Waals surface area contributed by atoms with Gasteiger partial charge in [-0.25, -0.2) is 9.78 Å². The van der Waals surface area contributed by atoms with Crippen molar-refractivity contribution in [2.75, 3.05) is 10.6 Å². The minimum Gasteiger partial charge on any atom is -0.333 e. The second-order valence-corrected chi connectivity index (χ2v) is 5.14. The Kier molecular flexibility index (Phi) is 4.37. The van der Waals surface area contributed by atoms with Crippen LogP contribution in [-0.4, -0.2) is 25.8 Å². The van der Waals surface area contributed by atoms with E-state index in [0.29, 0.717) is 5.82 Å². The average Bonchev–Trinajstić information content (AvgIpc) is 3.21. The zero-order valence-electron chi connectivity index (χ0n) is 12.8.